The Bertz CT molecular complexity index is 807. The topological polar surface area (TPSA) is 35.9 Å². The van der Waals surface area contributed by atoms with Gasteiger partial charge in [0.25, 0.3) is 0 Å². The minimum absolute atomic E-state index is 0.107. The van der Waals surface area contributed by atoms with E-state index in [1.54, 1.807) is 28.0 Å². The third kappa shape index (κ3) is 4.53. The Morgan fingerprint density at radius 2 is 1.77 bits per heavy atom. The van der Waals surface area contributed by atoms with Crippen LogP contribution in [0.2, 0.25) is 10.0 Å². The molecular weight excluding hydrogens is 389 g/mol. The molecule has 1 aliphatic rings. The summed E-state index contributed by atoms with van der Waals surface area (Å²) >= 11 is 13.8. The van der Waals surface area contributed by atoms with E-state index in [2.05, 4.69) is 4.99 Å². The van der Waals surface area contributed by atoms with Gasteiger partial charge in [0.15, 0.2) is 5.17 Å². The van der Waals surface area contributed by atoms with Gasteiger partial charge < -0.3 is 0 Å². The molecule has 0 bridgehead atoms. The van der Waals surface area contributed by atoms with Crippen LogP contribution in [0.3, 0.4) is 0 Å². The molecule has 0 aliphatic carbocycles. The maximum atomic E-state index is 13.2. The van der Waals surface area contributed by atoms with Gasteiger partial charge in [0, 0.05) is 21.8 Å². The molecule has 136 valence electrons. The number of hydrogen-bond acceptors (Lipinski definition) is 3. The normalized spacial score (nSPS) is 16.7. The predicted molar refractivity (Wildman–Crippen MR) is 111 cm³/mol. The Labute approximate surface area is 167 Å². The Kier molecular flexibility index (Phi) is 6.12. The molecule has 0 aromatic heterocycles. The summed E-state index contributed by atoms with van der Waals surface area (Å²) in [4.78, 5) is 21.2. The van der Waals surface area contributed by atoms with Crippen molar-refractivity contribution >= 4 is 51.8 Å². The van der Waals surface area contributed by atoms with Gasteiger partial charge in [-0.15, -0.1) is 0 Å². The molecule has 2 aromatic rings. The predicted octanol–water partition coefficient (Wildman–Crippen LogP) is 5.89. The van der Waals surface area contributed by atoms with E-state index in [0.29, 0.717) is 28.2 Å². The highest BCUT2D eigenvalue weighted by atomic mass is 35.5. The number of benzene rings is 2. The van der Waals surface area contributed by atoms with Crippen molar-refractivity contribution in [3.8, 4) is 0 Å². The van der Waals surface area contributed by atoms with Crippen LogP contribution in [0, 0.1) is 0 Å². The van der Waals surface area contributed by atoms with Crippen molar-refractivity contribution in [1.82, 2.24) is 4.90 Å². The van der Waals surface area contributed by atoms with Crippen LogP contribution in [0.1, 0.15) is 19.4 Å². The van der Waals surface area contributed by atoms with Crippen molar-refractivity contribution in [2.24, 2.45) is 4.99 Å². The summed E-state index contributed by atoms with van der Waals surface area (Å²) in [7, 11) is 0. The average molecular weight is 408 g/mol. The van der Waals surface area contributed by atoms with E-state index in [1.807, 2.05) is 44.2 Å². The van der Waals surface area contributed by atoms with Crippen molar-refractivity contribution in [1.29, 1.82) is 0 Å². The van der Waals surface area contributed by atoms with Gasteiger partial charge in [-0.1, -0.05) is 65.3 Å². The zero-order valence-corrected chi connectivity index (χ0v) is 16.9. The van der Waals surface area contributed by atoms with Crippen molar-refractivity contribution in [3.63, 3.8) is 0 Å². The number of amidine groups is 1. The summed E-state index contributed by atoms with van der Waals surface area (Å²) in [5, 5.41) is 1.74. The lowest BCUT2D eigenvalue weighted by molar-refractivity contribution is 0.226. The fourth-order valence-corrected chi connectivity index (χ4v) is 4.19. The quantitative estimate of drug-likeness (QED) is 0.632. The first-order valence-electron chi connectivity index (χ1n) is 8.23. The van der Waals surface area contributed by atoms with Crippen LogP contribution in [-0.4, -0.2) is 28.0 Å². The lowest BCUT2D eigenvalue weighted by Crippen LogP contribution is -2.50. The minimum Gasteiger partial charge on any atom is -0.284 e. The number of urea groups is 1. The first-order chi connectivity index (χ1) is 12.4. The van der Waals surface area contributed by atoms with Crippen LogP contribution in [0.15, 0.2) is 53.5 Å². The van der Waals surface area contributed by atoms with Crippen LogP contribution >= 0.6 is 35.0 Å². The largest absolute Gasteiger partial charge is 0.331 e. The number of halogens is 2. The van der Waals surface area contributed by atoms with Gasteiger partial charge >= 0.3 is 6.03 Å². The number of nitrogens with zero attached hydrogens (tertiary/aromatic N) is 3. The molecule has 2 amide bonds. The van der Waals surface area contributed by atoms with Gasteiger partial charge in [-0.2, -0.15) is 0 Å². The number of thioether (sulfide) groups is 1. The smallest absolute Gasteiger partial charge is 0.284 e. The van der Waals surface area contributed by atoms with Crippen LogP contribution in [-0.2, 0) is 6.54 Å². The van der Waals surface area contributed by atoms with Gasteiger partial charge in [0.05, 0.1) is 12.4 Å². The molecule has 1 fully saturated rings. The number of hydrogen-bond donors (Lipinski definition) is 0. The monoisotopic (exact) mass is 407 g/mol. The van der Waals surface area contributed by atoms with Crippen molar-refractivity contribution in [3.05, 3.63) is 64.1 Å². The molecule has 26 heavy (non-hydrogen) atoms. The number of anilines is 1. The molecule has 0 radical (unpaired) electrons. The summed E-state index contributed by atoms with van der Waals surface area (Å²) < 4.78 is 0. The molecule has 1 aliphatic heterocycles. The highest BCUT2D eigenvalue weighted by Crippen LogP contribution is 2.31. The second-order valence-electron chi connectivity index (χ2n) is 6.19. The minimum atomic E-state index is -0.134. The Morgan fingerprint density at radius 3 is 2.38 bits per heavy atom. The standard InChI is InChI=1S/C19H19Cl2N3OS/c1-13(2)22-18-23(11-14-6-4-3-5-7-14)19(25)24(12-26-18)17-9-15(20)8-16(21)10-17/h3-10,13H,11-12H2,1-2H3/b22-18-. The second-order valence-corrected chi connectivity index (χ2v) is 7.97. The van der Waals surface area contributed by atoms with E-state index in [1.165, 1.54) is 11.8 Å². The fourth-order valence-electron chi connectivity index (χ4n) is 2.59. The van der Waals surface area contributed by atoms with Gasteiger partial charge in [0.1, 0.15) is 0 Å². The molecule has 2 aromatic carbocycles. The molecule has 0 atom stereocenters. The maximum absolute atomic E-state index is 13.2. The van der Waals surface area contributed by atoms with Gasteiger partial charge in [-0.3, -0.25) is 14.8 Å². The first kappa shape index (κ1) is 19.1. The zero-order chi connectivity index (χ0) is 18.7. The molecule has 0 spiro atoms. The number of carbonyl (C=O) groups is 1. The molecule has 0 N–H and O–H groups in total. The average Bonchev–Trinajstić information content (AvgIpc) is 2.58. The number of carbonyl (C=O) groups excluding carboxylic acids is 1. The first-order valence-corrected chi connectivity index (χ1v) is 9.98. The third-order valence-electron chi connectivity index (χ3n) is 3.73. The number of amides is 2. The second kappa shape index (κ2) is 8.33. The lowest BCUT2D eigenvalue weighted by Gasteiger charge is -2.36. The molecule has 7 heteroatoms. The number of aliphatic imine (C=N–C) groups is 1. The van der Waals surface area contributed by atoms with Gasteiger partial charge in [-0.25, -0.2) is 4.79 Å². The molecule has 1 saturated heterocycles. The maximum Gasteiger partial charge on any atom is 0.331 e. The van der Waals surface area contributed by atoms with Crippen molar-refractivity contribution in [2.75, 3.05) is 10.8 Å². The van der Waals surface area contributed by atoms with E-state index in [4.69, 9.17) is 23.2 Å². The molecule has 3 rings (SSSR count). The Balaban J connectivity index is 1.93. The SMILES string of the molecule is CC(C)/N=C1\SCN(c2cc(Cl)cc(Cl)c2)C(=O)N1Cc1ccccc1. The van der Waals surface area contributed by atoms with Crippen LogP contribution in [0.5, 0.6) is 0 Å². The van der Waals surface area contributed by atoms with Crippen molar-refractivity contribution in [2.45, 2.75) is 26.4 Å². The third-order valence-corrected chi connectivity index (χ3v) is 5.13. The van der Waals surface area contributed by atoms with Crippen molar-refractivity contribution < 1.29 is 4.79 Å². The molecule has 4 nitrogen and oxygen atoms in total. The van der Waals surface area contributed by atoms with E-state index < -0.39 is 0 Å². The summed E-state index contributed by atoms with van der Waals surface area (Å²) in [6, 6.07) is 15.0. The van der Waals surface area contributed by atoms with E-state index in [0.717, 1.165) is 10.7 Å². The Morgan fingerprint density at radius 1 is 1.12 bits per heavy atom. The van der Waals surface area contributed by atoms with Gasteiger partial charge in [0.2, 0.25) is 0 Å². The Hall–Kier alpha value is -1.69. The van der Waals surface area contributed by atoms with E-state index >= 15 is 0 Å². The highest BCUT2D eigenvalue weighted by molar-refractivity contribution is 8.14. The lowest BCUT2D eigenvalue weighted by atomic mass is 10.2. The number of rotatable bonds is 4. The fraction of sp³-hybridized carbons (Fsp3) is 0.263. The van der Waals surface area contributed by atoms with Crippen LogP contribution < -0.4 is 4.90 Å². The summed E-state index contributed by atoms with van der Waals surface area (Å²) in [6.07, 6.45) is 0. The van der Waals surface area contributed by atoms with Crippen LogP contribution in [0.25, 0.3) is 0 Å². The summed E-state index contributed by atoms with van der Waals surface area (Å²) in [6.45, 7) is 4.47. The molecule has 1 heterocycles. The molecular formula is C19H19Cl2N3OS. The van der Waals surface area contributed by atoms with Crippen LogP contribution in [0.4, 0.5) is 10.5 Å². The summed E-state index contributed by atoms with van der Waals surface area (Å²) in [5.41, 5.74) is 1.73. The van der Waals surface area contributed by atoms with E-state index in [9.17, 15) is 4.79 Å². The zero-order valence-electron chi connectivity index (χ0n) is 14.5. The van der Waals surface area contributed by atoms with Gasteiger partial charge in [-0.05, 0) is 37.6 Å². The highest BCUT2D eigenvalue weighted by Gasteiger charge is 2.32. The molecule has 0 saturated carbocycles. The summed E-state index contributed by atoms with van der Waals surface area (Å²) in [5.74, 6) is 0.465. The van der Waals surface area contributed by atoms with E-state index in [-0.39, 0.29) is 12.1 Å². The molecule has 0 unspecified atom stereocenters.